The largest absolute Gasteiger partial charge is 0.378 e. The first kappa shape index (κ1) is 18.1. The predicted octanol–water partition coefficient (Wildman–Crippen LogP) is 0.832. The van der Waals surface area contributed by atoms with Crippen LogP contribution in [0.15, 0.2) is 0 Å². The minimum Gasteiger partial charge on any atom is -0.378 e. The van der Waals surface area contributed by atoms with Crippen molar-refractivity contribution in [3.8, 4) is 0 Å². The molecule has 1 heterocycles. The normalized spacial score (nSPS) is 23.1. The van der Waals surface area contributed by atoms with Crippen molar-refractivity contribution in [2.45, 2.75) is 39.3 Å². The van der Waals surface area contributed by atoms with Crippen LogP contribution in [0, 0.1) is 5.92 Å². The third kappa shape index (κ3) is 5.40. The molecule has 2 N–H and O–H groups in total. The van der Waals surface area contributed by atoms with Gasteiger partial charge in [-0.25, -0.2) is 12.7 Å². The lowest BCUT2D eigenvalue weighted by atomic mass is 10.0. The molecular formula is C11H25ClN2O3S. The highest BCUT2D eigenvalue weighted by Crippen LogP contribution is 2.21. The first-order chi connectivity index (χ1) is 7.83. The van der Waals surface area contributed by atoms with Gasteiger partial charge >= 0.3 is 0 Å². The van der Waals surface area contributed by atoms with Crippen LogP contribution in [-0.4, -0.2) is 50.3 Å². The van der Waals surface area contributed by atoms with Crippen molar-refractivity contribution in [1.82, 2.24) is 4.31 Å². The Morgan fingerprint density at radius 2 is 2.00 bits per heavy atom. The minimum atomic E-state index is -3.17. The molecule has 18 heavy (non-hydrogen) atoms. The zero-order chi connectivity index (χ0) is 13.1. The fourth-order valence-corrected chi connectivity index (χ4v) is 3.32. The first-order valence-corrected chi connectivity index (χ1v) is 7.79. The quantitative estimate of drug-likeness (QED) is 0.789. The summed E-state index contributed by atoms with van der Waals surface area (Å²) in [6.07, 6.45) is 0.933. The van der Waals surface area contributed by atoms with Crippen LogP contribution >= 0.6 is 12.4 Å². The number of sulfonamides is 1. The van der Waals surface area contributed by atoms with Crippen LogP contribution in [0.5, 0.6) is 0 Å². The van der Waals surface area contributed by atoms with Gasteiger partial charge in [0.05, 0.1) is 18.5 Å². The molecule has 0 aromatic heterocycles. The summed E-state index contributed by atoms with van der Waals surface area (Å²) in [6, 6.07) is 0.0575. The molecule has 0 aromatic carbocycles. The second kappa shape index (κ2) is 7.65. The zero-order valence-corrected chi connectivity index (χ0v) is 13.0. The maximum absolute atomic E-state index is 12.0. The number of hydrogen-bond donors (Lipinski definition) is 1. The van der Waals surface area contributed by atoms with Gasteiger partial charge in [0.15, 0.2) is 0 Å². The molecule has 0 radical (unpaired) electrons. The summed E-state index contributed by atoms with van der Waals surface area (Å²) in [5, 5.41) is 0. The lowest BCUT2D eigenvalue weighted by Crippen LogP contribution is -2.35. The van der Waals surface area contributed by atoms with Crippen LogP contribution in [0.3, 0.4) is 0 Å². The van der Waals surface area contributed by atoms with Gasteiger partial charge in [0, 0.05) is 19.1 Å². The number of nitrogens with two attached hydrogens (primary N) is 1. The van der Waals surface area contributed by atoms with Gasteiger partial charge in [0.2, 0.25) is 10.0 Å². The summed E-state index contributed by atoms with van der Waals surface area (Å²) in [7, 11) is -3.17. The van der Waals surface area contributed by atoms with E-state index in [1.165, 1.54) is 0 Å². The van der Waals surface area contributed by atoms with E-state index in [2.05, 4.69) is 0 Å². The van der Waals surface area contributed by atoms with Gasteiger partial charge in [0.1, 0.15) is 0 Å². The summed E-state index contributed by atoms with van der Waals surface area (Å²) < 4.78 is 30.8. The van der Waals surface area contributed by atoms with E-state index in [1.54, 1.807) is 4.31 Å². The van der Waals surface area contributed by atoms with Crippen LogP contribution in [0.2, 0.25) is 0 Å². The summed E-state index contributed by atoms with van der Waals surface area (Å²) in [5.74, 6) is 0.354. The van der Waals surface area contributed by atoms with Crippen molar-refractivity contribution in [3.63, 3.8) is 0 Å². The second-order valence-electron chi connectivity index (χ2n) is 5.00. The Morgan fingerprint density at radius 3 is 2.44 bits per heavy atom. The molecule has 110 valence electrons. The number of nitrogens with zero attached hydrogens (tertiary/aromatic N) is 1. The Balaban J connectivity index is 0.00000289. The summed E-state index contributed by atoms with van der Waals surface area (Å²) in [5.41, 5.74) is 5.80. The lowest BCUT2D eigenvalue weighted by Gasteiger charge is -2.18. The van der Waals surface area contributed by atoms with Crippen LogP contribution in [0.25, 0.3) is 0 Å². The average molecular weight is 301 g/mol. The van der Waals surface area contributed by atoms with Gasteiger partial charge < -0.3 is 10.5 Å². The Bertz CT molecular complexity index is 333. The Kier molecular flexibility index (Phi) is 7.70. The van der Waals surface area contributed by atoms with Crippen molar-refractivity contribution in [1.29, 1.82) is 0 Å². The van der Waals surface area contributed by atoms with Gasteiger partial charge in [-0.1, -0.05) is 0 Å². The van der Waals surface area contributed by atoms with Crippen LogP contribution in [-0.2, 0) is 14.8 Å². The van der Waals surface area contributed by atoms with Crippen LogP contribution < -0.4 is 5.73 Å². The van der Waals surface area contributed by atoms with Gasteiger partial charge in [-0.15, -0.1) is 12.4 Å². The third-order valence-electron chi connectivity index (χ3n) is 3.12. The van der Waals surface area contributed by atoms with E-state index < -0.39 is 10.0 Å². The molecule has 2 unspecified atom stereocenters. The summed E-state index contributed by atoms with van der Waals surface area (Å²) >= 11 is 0. The molecule has 1 aliphatic rings. The first-order valence-electron chi connectivity index (χ1n) is 6.18. The molecule has 7 heteroatoms. The lowest BCUT2D eigenvalue weighted by molar-refractivity contribution is 0.0907. The predicted molar refractivity (Wildman–Crippen MR) is 75.5 cm³/mol. The molecule has 0 saturated carbocycles. The Hall–Kier alpha value is 0.120. The fraction of sp³-hybridized carbons (Fsp3) is 1.00. The molecule has 5 nitrogen and oxygen atoms in total. The molecular weight excluding hydrogens is 276 g/mol. The van der Waals surface area contributed by atoms with Crippen LogP contribution in [0.1, 0.15) is 27.2 Å². The molecule has 0 aromatic rings. The molecule has 1 rings (SSSR count). The van der Waals surface area contributed by atoms with E-state index in [4.69, 9.17) is 10.5 Å². The molecule has 0 aliphatic carbocycles. The molecule has 0 spiro atoms. The molecule has 2 atom stereocenters. The van der Waals surface area contributed by atoms with Crippen molar-refractivity contribution in [3.05, 3.63) is 0 Å². The standard InChI is InChI=1S/C11H24N2O3S.ClH/c1-9(2)16-6-7-17(14,15)13-5-4-11(8-13)10(3)12;/h9-11H,4-8,12H2,1-3H3;1H. The fourth-order valence-electron chi connectivity index (χ4n) is 1.95. The number of hydrogen-bond acceptors (Lipinski definition) is 4. The van der Waals surface area contributed by atoms with Gasteiger partial charge in [-0.3, -0.25) is 0 Å². The van der Waals surface area contributed by atoms with Gasteiger partial charge in [0.25, 0.3) is 0 Å². The molecule has 1 saturated heterocycles. The van der Waals surface area contributed by atoms with E-state index in [1.807, 2.05) is 20.8 Å². The zero-order valence-electron chi connectivity index (χ0n) is 11.3. The Labute approximate surface area is 117 Å². The van der Waals surface area contributed by atoms with Crippen LogP contribution in [0.4, 0.5) is 0 Å². The highest BCUT2D eigenvalue weighted by molar-refractivity contribution is 7.89. The van der Waals surface area contributed by atoms with Crippen molar-refractivity contribution < 1.29 is 13.2 Å². The monoisotopic (exact) mass is 300 g/mol. The third-order valence-corrected chi connectivity index (χ3v) is 4.92. The second-order valence-corrected chi connectivity index (χ2v) is 7.09. The van der Waals surface area contributed by atoms with E-state index in [-0.39, 0.29) is 42.8 Å². The number of halogens is 1. The van der Waals surface area contributed by atoms with E-state index in [9.17, 15) is 8.42 Å². The van der Waals surface area contributed by atoms with Crippen molar-refractivity contribution in [2.24, 2.45) is 11.7 Å². The smallest absolute Gasteiger partial charge is 0.216 e. The number of ether oxygens (including phenoxy) is 1. The molecule has 0 amide bonds. The maximum Gasteiger partial charge on any atom is 0.216 e. The van der Waals surface area contributed by atoms with Crippen molar-refractivity contribution in [2.75, 3.05) is 25.4 Å². The highest BCUT2D eigenvalue weighted by atomic mass is 35.5. The van der Waals surface area contributed by atoms with E-state index in [0.717, 1.165) is 6.42 Å². The summed E-state index contributed by atoms with van der Waals surface area (Å²) in [6.45, 7) is 7.14. The van der Waals surface area contributed by atoms with Gasteiger partial charge in [-0.2, -0.15) is 0 Å². The van der Waals surface area contributed by atoms with Crippen molar-refractivity contribution >= 4 is 22.4 Å². The maximum atomic E-state index is 12.0. The highest BCUT2D eigenvalue weighted by Gasteiger charge is 2.32. The van der Waals surface area contributed by atoms with Gasteiger partial charge in [-0.05, 0) is 33.1 Å². The molecule has 1 aliphatic heterocycles. The Morgan fingerprint density at radius 1 is 1.39 bits per heavy atom. The van der Waals surface area contributed by atoms with E-state index >= 15 is 0 Å². The SMILES string of the molecule is CC(C)OCCS(=O)(=O)N1CCC(C(C)N)C1.Cl. The molecule has 1 fully saturated rings. The summed E-state index contributed by atoms with van der Waals surface area (Å²) in [4.78, 5) is 0. The number of rotatable bonds is 6. The topological polar surface area (TPSA) is 72.6 Å². The minimum absolute atomic E-state index is 0. The molecule has 0 bridgehead atoms. The average Bonchev–Trinajstić information content (AvgIpc) is 2.65. The van der Waals surface area contributed by atoms with E-state index in [0.29, 0.717) is 13.1 Å².